The van der Waals surface area contributed by atoms with E-state index in [0.717, 1.165) is 16.7 Å². The second-order valence-electron chi connectivity index (χ2n) is 6.95. The van der Waals surface area contributed by atoms with E-state index in [-0.39, 0.29) is 27.9 Å². The number of furan rings is 1. The van der Waals surface area contributed by atoms with Crippen LogP contribution in [0.3, 0.4) is 0 Å². The minimum absolute atomic E-state index is 0.00602. The molecule has 11 heteroatoms. The van der Waals surface area contributed by atoms with Gasteiger partial charge in [-0.2, -0.15) is 0 Å². The normalized spacial score (nSPS) is 18.0. The van der Waals surface area contributed by atoms with Gasteiger partial charge in [-0.1, -0.05) is 23.7 Å². The highest BCUT2D eigenvalue weighted by Gasteiger charge is 2.37. The molecule has 4 rings (SSSR count). The summed E-state index contributed by atoms with van der Waals surface area (Å²) in [5.41, 5.74) is 0.395. The Balaban J connectivity index is 1.48. The first kappa shape index (κ1) is 22.1. The molecule has 32 heavy (non-hydrogen) atoms. The molecule has 0 unspecified atom stereocenters. The number of carboxylic acid groups (broad SMARTS) is 1. The molecule has 1 aromatic carbocycles. The van der Waals surface area contributed by atoms with E-state index in [1.54, 1.807) is 17.0 Å². The molecule has 0 saturated carbocycles. The van der Waals surface area contributed by atoms with Gasteiger partial charge in [-0.15, -0.1) is 0 Å². The smallest absolute Gasteiger partial charge is 0.294 e. The van der Waals surface area contributed by atoms with E-state index in [0.29, 0.717) is 43.4 Å². The highest BCUT2D eigenvalue weighted by atomic mass is 35.5. The highest BCUT2D eigenvalue weighted by molar-refractivity contribution is 8.18. The minimum atomic E-state index is -1.38. The van der Waals surface area contributed by atoms with Crippen LogP contribution in [0.1, 0.15) is 16.1 Å². The van der Waals surface area contributed by atoms with Crippen molar-refractivity contribution in [1.82, 2.24) is 9.80 Å². The van der Waals surface area contributed by atoms with E-state index in [1.165, 1.54) is 24.3 Å². The lowest BCUT2D eigenvalue weighted by Crippen LogP contribution is -2.46. The van der Waals surface area contributed by atoms with Gasteiger partial charge in [0.15, 0.2) is 0 Å². The molecule has 3 heterocycles. The third-order valence-electron chi connectivity index (χ3n) is 4.90. The molecule has 2 aliphatic heterocycles. The van der Waals surface area contributed by atoms with Gasteiger partial charge in [-0.3, -0.25) is 19.3 Å². The average Bonchev–Trinajstić information content (AvgIpc) is 3.34. The number of hydrogen-bond donors (Lipinski definition) is 0. The highest BCUT2D eigenvalue weighted by Crippen LogP contribution is 2.34. The zero-order chi connectivity index (χ0) is 22.8. The van der Waals surface area contributed by atoms with E-state index < -0.39 is 17.1 Å². The first-order chi connectivity index (χ1) is 15.3. The molecule has 0 aliphatic carbocycles. The number of benzene rings is 1. The van der Waals surface area contributed by atoms with Gasteiger partial charge in [0.1, 0.15) is 18.1 Å². The number of morpholine rings is 1. The standard InChI is InChI=1S/C21H17ClN2O7S/c22-15-9-12(1-3-14(15)20(27)28)16-4-2-13(31-16)10-17-19(26)24(21(29)32-17)11-18(25)23-5-7-30-8-6-23/h1-4,9-10H,5-8,11H2,(H,27,28)/p-1/b17-10-. The Hall–Kier alpha value is -3.08. The summed E-state index contributed by atoms with van der Waals surface area (Å²) in [6.07, 6.45) is 1.42. The molecule has 0 N–H and O–H groups in total. The van der Waals surface area contributed by atoms with Gasteiger partial charge < -0.3 is 24.0 Å². The van der Waals surface area contributed by atoms with E-state index in [2.05, 4.69) is 0 Å². The first-order valence-corrected chi connectivity index (χ1v) is 10.7. The second kappa shape index (κ2) is 9.19. The van der Waals surface area contributed by atoms with Crippen LogP contribution in [0.25, 0.3) is 17.4 Å². The zero-order valence-corrected chi connectivity index (χ0v) is 18.1. The second-order valence-corrected chi connectivity index (χ2v) is 8.35. The van der Waals surface area contributed by atoms with Gasteiger partial charge in [0.05, 0.1) is 29.1 Å². The van der Waals surface area contributed by atoms with E-state index in [4.69, 9.17) is 20.8 Å². The molecule has 0 radical (unpaired) electrons. The zero-order valence-electron chi connectivity index (χ0n) is 16.5. The number of imide groups is 1. The molecule has 0 spiro atoms. The fourth-order valence-electron chi connectivity index (χ4n) is 3.23. The van der Waals surface area contributed by atoms with Crippen molar-refractivity contribution in [2.75, 3.05) is 32.8 Å². The molecular weight excluding hydrogens is 460 g/mol. The van der Waals surface area contributed by atoms with E-state index in [9.17, 15) is 24.3 Å². The van der Waals surface area contributed by atoms with Crippen LogP contribution in [0.2, 0.25) is 5.02 Å². The first-order valence-electron chi connectivity index (χ1n) is 9.55. The summed E-state index contributed by atoms with van der Waals surface area (Å²) in [6.45, 7) is 1.38. The number of aromatic carboxylic acids is 1. The lowest BCUT2D eigenvalue weighted by molar-refractivity contribution is -0.255. The van der Waals surface area contributed by atoms with Gasteiger partial charge in [-0.05, 0) is 30.0 Å². The van der Waals surface area contributed by atoms with Crippen molar-refractivity contribution < 1.29 is 33.4 Å². The van der Waals surface area contributed by atoms with Crippen LogP contribution in [0.15, 0.2) is 39.7 Å². The van der Waals surface area contributed by atoms with Crippen molar-refractivity contribution in [2.45, 2.75) is 0 Å². The van der Waals surface area contributed by atoms with Gasteiger partial charge in [0.25, 0.3) is 11.1 Å². The molecule has 2 aromatic rings. The maximum Gasteiger partial charge on any atom is 0.294 e. The summed E-state index contributed by atoms with van der Waals surface area (Å²) in [5, 5.41) is 10.5. The van der Waals surface area contributed by atoms with Crippen LogP contribution in [0.4, 0.5) is 4.79 Å². The maximum atomic E-state index is 12.7. The average molecular weight is 476 g/mol. The van der Waals surface area contributed by atoms with Crippen LogP contribution >= 0.6 is 23.4 Å². The number of carboxylic acids is 1. The third kappa shape index (κ3) is 4.57. The van der Waals surface area contributed by atoms with Gasteiger partial charge in [0.2, 0.25) is 5.91 Å². The Labute approximate surface area is 191 Å². The number of rotatable bonds is 5. The van der Waals surface area contributed by atoms with Crippen LogP contribution in [0, 0.1) is 0 Å². The Kier molecular flexibility index (Phi) is 6.35. The quantitative estimate of drug-likeness (QED) is 0.601. The number of thioether (sulfide) groups is 1. The molecule has 9 nitrogen and oxygen atoms in total. The van der Waals surface area contributed by atoms with E-state index >= 15 is 0 Å². The number of amides is 3. The van der Waals surface area contributed by atoms with E-state index in [1.807, 2.05) is 0 Å². The summed E-state index contributed by atoms with van der Waals surface area (Å²) in [4.78, 5) is 50.9. The minimum Gasteiger partial charge on any atom is -0.545 e. The van der Waals surface area contributed by atoms with Gasteiger partial charge >= 0.3 is 0 Å². The number of carbonyl (C=O) groups is 4. The predicted octanol–water partition coefficient (Wildman–Crippen LogP) is 1.86. The lowest BCUT2D eigenvalue weighted by Gasteiger charge is -2.27. The maximum absolute atomic E-state index is 12.7. The lowest BCUT2D eigenvalue weighted by atomic mass is 10.1. The largest absolute Gasteiger partial charge is 0.545 e. The Morgan fingerprint density at radius 2 is 1.91 bits per heavy atom. The fraction of sp³-hybridized carbons (Fsp3) is 0.238. The van der Waals surface area contributed by atoms with Crippen LogP contribution in [0.5, 0.6) is 0 Å². The van der Waals surface area contributed by atoms with Crippen molar-refractivity contribution in [2.24, 2.45) is 0 Å². The molecule has 0 bridgehead atoms. The van der Waals surface area contributed by atoms with Gasteiger partial charge in [0, 0.05) is 30.3 Å². The van der Waals surface area contributed by atoms with Gasteiger partial charge in [-0.25, -0.2) is 0 Å². The molecular formula is C21H16ClN2O7S-. The number of carbonyl (C=O) groups excluding carboxylic acids is 4. The third-order valence-corrected chi connectivity index (χ3v) is 6.12. The Bertz CT molecular complexity index is 1140. The van der Waals surface area contributed by atoms with Crippen molar-refractivity contribution in [1.29, 1.82) is 0 Å². The predicted molar refractivity (Wildman–Crippen MR) is 114 cm³/mol. The molecule has 166 valence electrons. The van der Waals surface area contributed by atoms with Crippen LogP contribution < -0.4 is 5.11 Å². The fourth-order valence-corrected chi connectivity index (χ4v) is 4.31. The number of nitrogens with zero attached hydrogens (tertiary/aromatic N) is 2. The van der Waals surface area contributed by atoms with Crippen molar-refractivity contribution >= 4 is 52.5 Å². The summed E-state index contributed by atoms with van der Waals surface area (Å²) in [6, 6.07) is 7.49. The van der Waals surface area contributed by atoms with Crippen molar-refractivity contribution in [3.8, 4) is 11.3 Å². The molecule has 0 atom stereocenters. The number of ether oxygens (including phenoxy) is 1. The molecule has 1 aromatic heterocycles. The van der Waals surface area contributed by atoms with Crippen LogP contribution in [-0.4, -0.2) is 65.7 Å². The summed E-state index contributed by atoms with van der Waals surface area (Å²) in [5.74, 6) is -1.56. The summed E-state index contributed by atoms with van der Waals surface area (Å²) in [7, 11) is 0. The SMILES string of the molecule is O=C([O-])c1ccc(-c2ccc(/C=C3\SC(=O)N(CC(=O)N4CCOCC4)C3=O)o2)cc1Cl. The summed E-state index contributed by atoms with van der Waals surface area (Å²) < 4.78 is 10.9. The molecule has 3 amide bonds. The molecule has 2 saturated heterocycles. The Morgan fingerprint density at radius 1 is 1.16 bits per heavy atom. The van der Waals surface area contributed by atoms with Crippen molar-refractivity contribution in [3.63, 3.8) is 0 Å². The van der Waals surface area contributed by atoms with Crippen LogP contribution in [-0.2, 0) is 14.3 Å². The van der Waals surface area contributed by atoms with Crippen molar-refractivity contribution in [3.05, 3.63) is 51.6 Å². The number of halogens is 1. The molecule has 2 aliphatic rings. The topological polar surface area (TPSA) is 120 Å². The summed E-state index contributed by atoms with van der Waals surface area (Å²) >= 11 is 6.69. The number of hydrogen-bond acceptors (Lipinski definition) is 8. The Morgan fingerprint density at radius 3 is 2.59 bits per heavy atom. The molecule has 2 fully saturated rings. The monoisotopic (exact) mass is 475 g/mol.